The molecule has 0 saturated heterocycles. The van der Waals surface area contributed by atoms with Crippen molar-refractivity contribution in [3.63, 3.8) is 0 Å². The second-order valence-corrected chi connectivity index (χ2v) is 4.65. The predicted octanol–water partition coefficient (Wildman–Crippen LogP) is 0.256. The van der Waals surface area contributed by atoms with Crippen molar-refractivity contribution in [3.8, 4) is 5.69 Å². The first-order valence-corrected chi connectivity index (χ1v) is 6.72. The highest BCUT2D eigenvalue weighted by Gasteiger charge is 2.06. The minimum Gasteiger partial charge on any atom is -0.352 e. The molecule has 0 aliphatic heterocycles. The number of H-pyrrole nitrogens is 2. The first-order chi connectivity index (χ1) is 10.7. The van der Waals surface area contributed by atoms with E-state index in [4.69, 9.17) is 0 Å². The Morgan fingerprint density at radius 2 is 2.09 bits per heavy atom. The van der Waals surface area contributed by atoms with E-state index in [9.17, 15) is 9.59 Å². The van der Waals surface area contributed by atoms with E-state index in [2.05, 4.69) is 25.5 Å². The molecule has 0 fully saturated rings. The highest BCUT2D eigenvalue weighted by molar-refractivity contribution is 5.94. The number of carbonyl (C=O) groups is 1. The molecule has 0 spiro atoms. The van der Waals surface area contributed by atoms with Crippen molar-refractivity contribution in [3.05, 3.63) is 64.9 Å². The molecule has 1 amide bonds. The van der Waals surface area contributed by atoms with E-state index in [1.54, 1.807) is 24.7 Å². The Hall–Kier alpha value is -3.16. The van der Waals surface area contributed by atoms with Gasteiger partial charge < -0.3 is 9.88 Å². The third-order valence-electron chi connectivity index (χ3n) is 3.13. The van der Waals surface area contributed by atoms with E-state index in [1.165, 1.54) is 0 Å². The van der Waals surface area contributed by atoms with Crippen LogP contribution in [-0.4, -0.2) is 37.2 Å². The normalized spacial score (nSPS) is 10.5. The van der Waals surface area contributed by atoms with E-state index in [0.717, 1.165) is 5.69 Å². The maximum atomic E-state index is 12.0. The second-order valence-electron chi connectivity index (χ2n) is 4.65. The van der Waals surface area contributed by atoms with Crippen LogP contribution in [0.1, 0.15) is 16.2 Å². The molecule has 0 aliphatic rings. The molecule has 112 valence electrons. The minimum atomic E-state index is -0.351. The molecular formula is C14H14N6O2. The fraction of sp³-hybridized carbons (Fsp3) is 0.143. The van der Waals surface area contributed by atoms with Crippen LogP contribution in [0.15, 0.2) is 47.8 Å². The summed E-state index contributed by atoms with van der Waals surface area (Å²) >= 11 is 0. The maximum Gasteiger partial charge on any atom is 0.340 e. The largest absolute Gasteiger partial charge is 0.352 e. The number of hydrogen-bond donors (Lipinski definition) is 3. The SMILES string of the molecule is O=C(NCCc1n[nH]c(=O)[nH]1)c1ccc(-n2ccnc2)cc1. The van der Waals surface area contributed by atoms with E-state index < -0.39 is 0 Å². The number of aromatic nitrogens is 5. The number of benzene rings is 1. The van der Waals surface area contributed by atoms with E-state index in [-0.39, 0.29) is 11.6 Å². The summed E-state index contributed by atoms with van der Waals surface area (Å²) in [7, 11) is 0. The number of carbonyl (C=O) groups excluding carboxylic acids is 1. The third-order valence-corrected chi connectivity index (χ3v) is 3.13. The number of rotatable bonds is 5. The molecule has 0 bridgehead atoms. The van der Waals surface area contributed by atoms with Crippen LogP contribution in [0.25, 0.3) is 5.69 Å². The van der Waals surface area contributed by atoms with Crippen LogP contribution < -0.4 is 11.0 Å². The quantitative estimate of drug-likeness (QED) is 0.627. The summed E-state index contributed by atoms with van der Waals surface area (Å²) < 4.78 is 1.86. The lowest BCUT2D eigenvalue weighted by Gasteiger charge is -2.06. The maximum absolute atomic E-state index is 12.0. The lowest BCUT2D eigenvalue weighted by molar-refractivity contribution is 0.0954. The van der Waals surface area contributed by atoms with Crippen LogP contribution in [0.4, 0.5) is 0 Å². The van der Waals surface area contributed by atoms with Crippen molar-refractivity contribution >= 4 is 5.91 Å². The Morgan fingerprint density at radius 3 is 2.73 bits per heavy atom. The van der Waals surface area contributed by atoms with Crippen LogP contribution >= 0.6 is 0 Å². The highest BCUT2D eigenvalue weighted by atomic mass is 16.2. The first-order valence-electron chi connectivity index (χ1n) is 6.72. The van der Waals surface area contributed by atoms with Gasteiger partial charge in [0.2, 0.25) is 0 Å². The molecule has 2 heterocycles. The van der Waals surface area contributed by atoms with Crippen LogP contribution in [0.2, 0.25) is 0 Å². The average Bonchev–Trinajstić information content (AvgIpc) is 3.19. The molecule has 1 aromatic carbocycles. The van der Waals surface area contributed by atoms with Crippen molar-refractivity contribution in [1.29, 1.82) is 0 Å². The van der Waals surface area contributed by atoms with Crippen LogP contribution in [0.5, 0.6) is 0 Å². The number of imidazole rings is 1. The monoisotopic (exact) mass is 298 g/mol. The van der Waals surface area contributed by atoms with Gasteiger partial charge in [0.1, 0.15) is 5.82 Å². The van der Waals surface area contributed by atoms with Gasteiger partial charge in [-0.15, -0.1) is 0 Å². The van der Waals surface area contributed by atoms with Crippen molar-refractivity contribution < 1.29 is 4.79 Å². The lowest BCUT2D eigenvalue weighted by atomic mass is 10.2. The van der Waals surface area contributed by atoms with Crippen LogP contribution in [0.3, 0.4) is 0 Å². The molecule has 0 saturated carbocycles. The van der Waals surface area contributed by atoms with Gasteiger partial charge >= 0.3 is 5.69 Å². The van der Waals surface area contributed by atoms with Crippen molar-refractivity contribution in [1.82, 2.24) is 30.0 Å². The van der Waals surface area contributed by atoms with Crippen molar-refractivity contribution in [2.75, 3.05) is 6.54 Å². The molecule has 8 nitrogen and oxygen atoms in total. The number of hydrogen-bond acceptors (Lipinski definition) is 4. The highest BCUT2D eigenvalue weighted by Crippen LogP contribution is 2.09. The Balaban J connectivity index is 1.57. The van der Waals surface area contributed by atoms with Crippen molar-refractivity contribution in [2.45, 2.75) is 6.42 Å². The smallest absolute Gasteiger partial charge is 0.340 e. The molecule has 22 heavy (non-hydrogen) atoms. The summed E-state index contributed by atoms with van der Waals surface area (Å²) in [5.74, 6) is 0.343. The standard InChI is InChI=1S/C14H14N6O2/c21-13(16-6-5-12-17-14(22)19-18-12)10-1-3-11(4-2-10)20-8-7-15-9-20/h1-4,7-9H,5-6H2,(H,16,21)(H2,17,18,19,22). The molecule has 0 radical (unpaired) electrons. The molecule has 3 N–H and O–H groups in total. The van der Waals surface area contributed by atoms with E-state index in [1.807, 2.05) is 22.9 Å². The first kappa shape index (κ1) is 13.8. The van der Waals surface area contributed by atoms with Gasteiger partial charge in [-0.05, 0) is 24.3 Å². The summed E-state index contributed by atoms with van der Waals surface area (Å²) in [6, 6.07) is 7.20. The molecule has 3 aromatic rings. The molecule has 0 unspecified atom stereocenters. The van der Waals surface area contributed by atoms with Crippen molar-refractivity contribution in [2.24, 2.45) is 0 Å². The van der Waals surface area contributed by atoms with Gasteiger partial charge in [0.25, 0.3) is 5.91 Å². The van der Waals surface area contributed by atoms with E-state index in [0.29, 0.717) is 24.4 Å². The molecular weight excluding hydrogens is 284 g/mol. The average molecular weight is 298 g/mol. The Labute approximate surface area is 125 Å². The zero-order valence-electron chi connectivity index (χ0n) is 11.6. The van der Waals surface area contributed by atoms with Gasteiger partial charge in [-0.25, -0.2) is 14.9 Å². The predicted molar refractivity (Wildman–Crippen MR) is 78.8 cm³/mol. The van der Waals surface area contributed by atoms with Crippen LogP contribution in [0, 0.1) is 0 Å². The lowest BCUT2D eigenvalue weighted by Crippen LogP contribution is -2.26. The summed E-state index contributed by atoms with van der Waals surface area (Å²) in [6.07, 6.45) is 5.68. The third kappa shape index (κ3) is 3.11. The molecule has 8 heteroatoms. The zero-order chi connectivity index (χ0) is 15.4. The summed E-state index contributed by atoms with van der Waals surface area (Å²) in [5, 5.41) is 8.83. The number of nitrogens with one attached hydrogen (secondary N) is 3. The second kappa shape index (κ2) is 6.08. The zero-order valence-corrected chi connectivity index (χ0v) is 11.6. The molecule has 3 rings (SSSR count). The fourth-order valence-electron chi connectivity index (χ4n) is 2.02. The molecule has 0 aliphatic carbocycles. The molecule has 0 atom stereocenters. The number of amides is 1. The van der Waals surface area contributed by atoms with Crippen LogP contribution in [-0.2, 0) is 6.42 Å². The van der Waals surface area contributed by atoms with Gasteiger partial charge in [0.05, 0.1) is 6.33 Å². The summed E-state index contributed by atoms with van der Waals surface area (Å²) in [6.45, 7) is 0.392. The Kier molecular flexibility index (Phi) is 3.82. The van der Waals surface area contributed by atoms with E-state index >= 15 is 0 Å². The molecule has 2 aromatic heterocycles. The van der Waals surface area contributed by atoms with Gasteiger partial charge in [-0.3, -0.25) is 9.78 Å². The summed E-state index contributed by atoms with van der Waals surface area (Å²) in [5.41, 5.74) is 1.15. The number of nitrogens with zero attached hydrogens (tertiary/aromatic N) is 3. The Bertz CT molecular complexity index is 800. The number of aromatic amines is 2. The van der Waals surface area contributed by atoms with Gasteiger partial charge in [-0.2, -0.15) is 5.10 Å². The topological polar surface area (TPSA) is 108 Å². The van der Waals surface area contributed by atoms with Gasteiger partial charge in [-0.1, -0.05) is 0 Å². The summed E-state index contributed by atoms with van der Waals surface area (Å²) in [4.78, 5) is 29.4. The minimum absolute atomic E-state index is 0.171. The van der Waals surface area contributed by atoms with Gasteiger partial charge in [0.15, 0.2) is 0 Å². The Morgan fingerprint density at radius 1 is 1.27 bits per heavy atom. The fourth-order valence-corrected chi connectivity index (χ4v) is 2.02. The van der Waals surface area contributed by atoms with Gasteiger partial charge in [0, 0.05) is 36.6 Å².